The van der Waals surface area contributed by atoms with Crippen LogP contribution in [-0.2, 0) is 9.63 Å². The number of hydrogen-bond acceptors (Lipinski definition) is 3. The average Bonchev–Trinajstić information content (AvgIpc) is 2.30. The maximum Gasteiger partial charge on any atom is 0.340 e. The monoisotopic (exact) mass is 219 g/mol. The Morgan fingerprint density at radius 3 is 2.56 bits per heavy atom. The highest BCUT2D eigenvalue weighted by Crippen LogP contribution is 2.21. The fourth-order valence-corrected chi connectivity index (χ4v) is 0.942. The molecule has 0 aliphatic rings. The first-order valence-corrected chi connectivity index (χ1v) is 5.36. The van der Waals surface area contributed by atoms with Crippen LogP contribution in [-0.4, -0.2) is 12.2 Å². The Morgan fingerprint density at radius 2 is 2.00 bits per heavy atom. The van der Waals surface area contributed by atoms with Crippen LogP contribution in [0.1, 0.15) is 32.8 Å². The number of rotatable bonds is 4. The summed E-state index contributed by atoms with van der Waals surface area (Å²) in [4.78, 5) is 16.4. The molecule has 0 aliphatic heterocycles. The van der Waals surface area contributed by atoms with Gasteiger partial charge in [0.2, 0.25) is 0 Å². The minimum Gasteiger partial charge on any atom is -0.318 e. The SMILES string of the molecule is CCC(C)(C)C(=O)O/N=C/c1ccccc1. The summed E-state index contributed by atoms with van der Waals surface area (Å²) in [6.45, 7) is 5.63. The molecule has 0 fully saturated rings. The Morgan fingerprint density at radius 1 is 1.38 bits per heavy atom. The molecule has 86 valence electrons. The van der Waals surface area contributed by atoms with Crippen LogP contribution in [0.25, 0.3) is 0 Å². The Labute approximate surface area is 96.1 Å². The van der Waals surface area contributed by atoms with Crippen molar-refractivity contribution < 1.29 is 9.63 Å². The van der Waals surface area contributed by atoms with Crippen molar-refractivity contribution in [1.82, 2.24) is 0 Å². The molecule has 0 unspecified atom stereocenters. The van der Waals surface area contributed by atoms with E-state index < -0.39 is 5.41 Å². The van der Waals surface area contributed by atoms with Gasteiger partial charge in [0.25, 0.3) is 0 Å². The van der Waals surface area contributed by atoms with Crippen molar-refractivity contribution in [3.05, 3.63) is 35.9 Å². The second-order valence-electron chi connectivity index (χ2n) is 4.26. The van der Waals surface area contributed by atoms with Gasteiger partial charge in [0.05, 0.1) is 11.6 Å². The van der Waals surface area contributed by atoms with E-state index in [0.717, 1.165) is 12.0 Å². The molecule has 0 saturated heterocycles. The van der Waals surface area contributed by atoms with Crippen molar-refractivity contribution >= 4 is 12.2 Å². The number of oxime groups is 1. The Hall–Kier alpha value is -1.64. The number of carbonyl (C=O) groups excluding carboxylic acids is 1. The van der Waals surface area contributed by atoms with Crippen molar-refractivity contribution in [2.45, 2.75) is 27.2 Å². The molecule has 0 heterocycles. The molecule has 0 spiro atoms. The van der Waals surface area contributed by atoms with Crippen LogP contribution in [0.5, 0.6) is 0 Å². The van der Waals surface area contributed by atoms with Gasteiger partial charge in [-0.15, -0.1) is 0 Å². The van der Waals surface area contributed by atoms with Gasteiger partial charge in [-0.25, -0.2) is 4.79 Å². The summed E-state index contributed by atoms with van der Waals surface area (Å²) in [5.41, 5.74) is 0.429. The zero-order valence-corrected chi connectivity index (χ0v) is 9.93. The largest absolute Gasteiger partial charge is 0.340 e. The predicted octanol–water partition coefficient (Wildman–Crippen LogP) is 3.00. The van der Waals surface area contributed by atoms with Crippen molar-refractivity contribution in [3.8, 4) is 0 Å². The summed E-state index contributed by atoms with van der Waals surface area (Å²) in [5, 5.41) is 3.68. The molecule has 0 N–H and O–H groups in total. The van der Waals surface area contributed by atoms with Gasteiger partial charge in [0.15, 0.2) is 0 Å². The van der Waals surface area contributed by atoms with Crippen molar-refractivity contribution in [3.63, 3.8) is 0 Å². The maximum atomic E-state index is 11.6. The molecule has 1 aromatic carbocycles. The van der Waals surface area contributed by atoms with Gasteiger partial charge < -0.3 is 4.84 Å². The molecule has 0 bridgehead atoms. The Bertz CT molecular complexity index is 369. The molecule has 0 saturated carbocycles. The van der Waals surface area contributed by atoms with Crippen LogP contribution in [0.2, 0.25) is 0 Å². The van der Waals surface area contributed by atoms with E-state index in [1.807, 2.05) is 51.1 Å². The summed E-state index contributed by atoms with van der Waals surface area (Å²) in [6.07, 6.45) is 2.26. The lowest BCUT2D eigenvalue weighted by molar-refractivity contribution is -0.154. The molecule has 1 aromatic rings. The third kappa shape index (κ3) is 3.50. The topological polar surface area (TPSA) is 38.7 Å². The van der Waals surface area contributed by atoms with Crippen molar-refractivity contribution in [2.24, 2.45) is 10.6 Å². The maximum absolute atomic E-state index is 11.6. The highest BCUT2D eigenvalue weighted by Gasteiger charge is 2.27. The second-order valence-corrected chi connectivity index (χ2v) is 4.26. The molecule has 0 radical (unpaired) electrons. The third-order valence-electron chi connectivity index (χ3n) is 2.57. The summed E-state index contributed by atoms with van der Waals surface area (Å²) in [5.74, 6) is -0.304. The first kappa shape index (κ1) is 12.4. The second kappa shape index (κ2) is 5.45. The molecule has 16 heavy (non-hydrogen) atoms. The zero-order valence-electron chi connectivity index (χ0n) is 9.93. The van der Waals surface area contributed by atoms with Crippen LogP contribution in [0, 0.1) is 5.41 Å². The molecule has 0 aromatic heterocycles. The molecule has 0 amide bonds. The quantitative estimate of drug-likeness (QED) is 0.443. The smallest absolute Gasteiger partial charge is 0.318 e. The summed E-state index contributed by atoms with van der Waals surface area (Å²) in [6, 6.07) is 9.51. The van der Waals surface area contributed by atoms with Gasteiger partial charge >= 0.3 is 5.97 Å². The Balaban J connectivity index is 2.53. The lowest BCUT2D eigenvalue weighted by atomic mass is 9.91. The number of nitrogens with zero attached hydrogens (tertiary/aromatic N) is 1. The van der Waals surface area contributed by atoms with E-state index in [1.54, 1.807) is 0 Å². The highest BCUT2D eigenvalue weighted by molar-refractivity contribution is 5.81. The standard InChI is InChI=1S/C13H17NO2/c1-4-13(2,3)12(15)16-14-10-11-8-6-5-7-9-11/h5-10H,4H2,1-3H3/b14-10+. The summed E-state index contributed by atoms with van der Waals surface area (Å²) < 4.78 is 0. The predicted molar refractivity (Wildman–Crippen MR) is 64.2 cm³/mol. The summed E-state index contributed by atoms with van der Waals surface area (Å²) in [7, 11) is 0. The van der Waals surface area contributed by atoms with Crippen LogP contribution in [0.15, 0.2) is 35.5 Å². The fourth-order valence-electron chi connectivity index (χ4n) is 0.942. The first-order valence-electron chi connectivity index (χ1n) is 5.36. The van der Waals surface area contributed by atoms with E-state index in [-0.39, 0.29) is 5.97 Å². The number of benzene rings is 1. The van der Waals surface area contributed by atoms with Gasteiger partial charge in [-0.2, -0.15) is 0 Å². The van der Waals surface area contributed by atoms with E-state index in [2.05, 4.69) is 5.16 Å². The van der Waals surface area contributed by atoms with Gasteiger partial charge in [0.1, 0.15) is 0 Å². The van der Waals surface area contributed by atoms with E-state index in [0.29, 0.717) is 0 Å². The van der Waals surface area contributed by atoms with Gasteiger partial charge in [-0.3, -0.25) is 0 Å². The number of hydrogen-bond donors (Lipinski definition) is 0. The molecular weight excluding hydrogens is 202 g/mol. The molecule has 0 aliphatic carbocycles. The minimum atomic E-state index is -0.478. The molecule has 3 nitrogen and oxygen atoms in total. The van der Waals surface area contributed by atoms with Crippen molar-refractivity contribution in [1.29, 1.82) is 0 Å². The molecule has 0 atom stereocenters. The lowest BCUT2D eigenvalue weighted by Gasteiger charge is -2.17. The van der Waals surface area contributed by atoms with Gasteiger partial charge in [-0.1, -0.05) is 42.4 Å². The zero-order chi connectivity index (χ0) is 12.0. The van der Waals surface area contributed by atoms with E-state index in [9.17, 15) is 4.79 Å². The fraction of sp³-hybridized carbons (Fsp3) is 0.385. The third-order valence-corrected chi connectivity index (χ3v) is 2.57. The molecule has 3 heteroatoms. The minimum absolute atomic E-state index is 0.304. The van der Waals surface area contributed by atoms with Gasteiger partial charge in [-0.05, 0) is 25.8 Å². The highest BCUT2D eigenvalue weighted by atomic mass is 16.7. The summed E-state index contributed by atoms with van der Waals surface area (Å²) >= 11 is 0. The lowest BCUT2D eigenvalue weighted by Crippen LogP contribution is -2.24. The number of carbonyl (C=O) groups is 1. The average molecular weight is 219 g/mol. The molecular formula is C13H17NO2. The molecule has 1 rings (SSSR count). The van der Waals surface area contributed by atoms with Crippen LogP contribution < -0.4 is 0 Å². The first-order chi connectivity index (χ1) is 7.56. The van der Waals surface area contributed by atoms with E-state index in [1.165, 1.54) is 6.21 Å². The normalized spacial score (nSPS) is 11.7. The van der Waals surface area contributed by atoms with Gasteiger partial charge in [0, 0.05) is 0 Å². The Kier molecular flexibility index (Phi) is 4.23. The van der Waals surface area contributed by atoms with Crippen LogP contribution in [0.4, 0.5) is 0 Å². The van der Waals surface area contributed by atoms with E-state index >= 15 is 0 Å². The van der Waals surface area contributed by atoms with Crippen LogP contribution in [0.3, 0.4) is 0 Å². The van der Waals surface area contributed by atoms with Crippen LogP contribution >= 0.6 is 0 Å². The van der Waals surface area contributed by atoms with E-state index in [4.69, 9.17) is 4.84 Å². The van der Waals surface area contributed by atoms with Crippen molar-refractivity contribution in [2.75, 3.05) is 0 Å².